The molecule has 2 N–H and O–H groups in total. The highest BCUT2D eigenvalue weighted by atomic mass is 19.1. The summed E-state index contributed by atoms with van der Waals surface area (Å²) in [6.45, 7) is 4.57. The van der Waals surface area contributed by atoms with Crippen LogP contribution in [0.5, 0.6) is 5.75 Å². The summed E-state index contributed by atoms with van der Waals surface area (Å²) in [7, 11) is 0. The summed E-state index contributed by atoms with van der Waals surface area (Å²) in [6, 6.07) is 4.28. The van der Waals surface area contributed by atoms with Crippen molar-refractivity contribution in [2.24, 2.45) is 0 Å². The number of hydrogen-bond acceptors (Lipinski definition) is 4. The van der Waals surface area contributed by atoms with E-state index in [0.29, 0.717) is 24.3 Å². The number of carbonyl (C=O) groups excluding carboxylic acids is 1. The van der Waals surface area contributed by atoms with Crippen LogP contribution in [-0.4, -0.2) is 51.9 Å². The quantitative estimate of drug-likeness (QED) is 0.879. The van der Waals surface area contributed by atoms with E-state index in [0.717, 1.165) is 19.5 Å². The van der Waals surface area contributed by atoms with Gasteiger partial charge in [0.2, 0.25) is 0 Å². The van der Waals surface area contributed by atoms with Crippen LogP contribution in [0.15, 0.2) is 24.4 Å². The number of rotatable bonds is 2. The number of carbonyl (C=O) groups is 1. The van der Waals surface area contributed by atoms with E-state index in [2.05, 4.69) is 10.4 Å². The molecule has 122 valence electrons. The van der Waals surface area contributed by atoms with Crippen LogP contribution < -0.4 is 5.32 Å². The maximum absolute atomic E-state index is 13.2. The molecule has 7 heteroatoms. The lowest BCUT2D eigenvalue weighted by Crippen LogP contribution is -2.34. The summed E-state index contributed by atoms with van der Waals surface area (Å²) < 4.78 is 14.6. The summed E-state index contributed by atoms with van der Waals surface area (Å²) in [4.78, 5) is 14.2. The second-order valence-electron chi connectivity index (χ2n) is 5.63. The van der Waals surface area contributed by atoms with Crippen LogP contribution in [-0.2, 0) is 0 Å². The number of hydrogen-bond donors (Lipinski definition) is 2. The number of amides is 1. The molecule has 1 fully saturated rings. The zero-order valence-corrected chi connectivity index (χ0v) is 12.9. The maximum atomic E-state index is 13.2. The summed E-state index contributed by atoms with van der Waals surface area (Å²) in [5.74, 6) is -0.795. The predicted molar refractivity (Wildman–Crippen MR) is 83.3 cm³/mol. The van der Waals surface area contributed by atoms with E-state index in [1.54, 1.807) is 17.9 Å². The molecule has 0 spiro atoms. The summed E-state index contributed by atoms with van der Waals surface area (Å²) in [5.41, 5.74) is 1.32. The van der Waals surface area contributed by atoms with Gasteiger partial charge in [-0.25, -0.2) is 9.07 Å². The van der Waals surface area contributed by atoms with Crippen LogP contribution in [0, 0.1) is 12.7 Å². The van der Waals surface area contributed by atoms with Gasteiger partial charge in [-0.1, -0.05) is 0 Å². The minimum absolute atomic E-state index is 0.0237. The summed E-state index contributed by atoms with van der Waals surface area (Å²) in [5, 5.41) is 17.5. The van der Waals surface area contributed by atoms with E-state index in [4.69, 9.17) is 0 Å². The summed E-state index contributed by atoms with van der Waals surface area (Å²) >= 11 is 0. The normalized spacial score (nSPS) is 15.5. The minimum atomic E-state index is -0.337. The van der Waals surface area contributed by atoms with Crippen molar-refractivity contribution in [1.82, 2.24) is 20.0 Å². The van der Waals surface area contributed by atoms with E-state index in [1.165, 1.54) is 23.0 Å². The van der Waals surface area contributed by atoms with Gasteiger partial charge in [-0.05, 0) is 43.7 Å². The first-order valence-electron chi connectivity index (χ1n) is 7.61. The zero-order valence-electron chi connectivity index (χ0n) is 12.9. The number of aromatic nitrogens is 2. The molecule has 0 atom stereocenters. The van der Waals surface area contributed by atoms with Crippen molar-refractivity contribution in [2.75, 3.05) is 26.2 Å². The maximum Gasteiger partial charge on any atom is 0.278 e. The topological polar surface area (TPSA) is 70.4 Å². The Balaban J connectivity index is 1.89. The van der Waals surface area contributed by atoms with Gasteiger partial charge < -0.3 is 15.3 Å². The van der Waals surface area contributed by atoms with Gasteiger partial charge in [-0.3, -0.25) is 4.79 Å². The zero-order chi connectivity index (χ0) is 16.4. The van der Waals surface area contributed by atoms with E-state index < -0.39 is 0 Å². The van der Waals surface area contributed by atoms with Gasteiger partial charge in [0.15, 0.2) is 11.4 Å². The van der Waals surface area contributed by atoms with Gasteiger partial charge in [0.25, 0.3) is 5.91 Å². The molecule has 0 unspecified atom stereocenters. The summed E-state index contributed by atoms with van der Waals surface area (Å²) in [6.07, 6.45) is 2.24. The number of aromatic hydroxyl groups is 1. The van der Waals surface area contributed by atoms with Crippen molar-refractivity contribution < 1.29 is 14.3 Å². The second-order valence-corrected chi connectivity index (χ2v) is 5.63. The Labute approximate surface area is 133 Å². The Morgan fingerprint density at radius 3 is 2.96 bits per heavy atom. The van der Waals surface area contributed by atoms with Gasteiger partial charge >= 0.3 is 0 Å². The van der Waals surface area contributed by atoms with Gasteiger partial charge in [0, 0.05) is 19.6 Å². The van der Waals surface area contributed by atoms with E-state index >= 15 is 0 Å². The highest BCUT2D eigenvalue weighted by Gasteiger charge is 2.24. The standard InChI is InChI=1S/C16H19FN4O2/c1-11-9-12(17)3-4-13(11)21-10-14(22)15(19-21)16(23)20-7-2-5-18-6-8-20/h3-4,9-10,18,22H,2,5-8H2,1H3. The Morgan fingerprint density at radius 1 is 1.35 bits per heavy atom. The monoisotopic (exact) mass is 318 g/mol. The van der Waals surface area contributed by atoms with Gasteiger partial charge in [-0.2, -0.15) is 5.10 Å². The molecule has 0 saturated carbocycles. The first-order valence-corrected chi connectivity index (χ1v) is 7.61. The van der Waals surface area contributed by atoms with Gasteiger partial charge in [0.05, 0.1) is 11.9 Å². The molecule has 2 heterocycles. The SMILES string of the molecule is Cc1cc(F)ccc1-n1cc(O)c(C(=O)N2CCCNCC2)n1. The molecule has 0 bridgehead atoms. The van der Waals surface area contributed by atoms with Crippen molar-refractivity contribution in [3.05, 3.63) is 41.5 Å². The number of benzene rings is 1. The molecular weight excluding hydrogens is 299 g/mol. The Hall–Kier alpha value is -2.41. The average Bonchev–Trinajstić information content (AvgIpc) is 2.74. The third-order valence-corrected chi connectivity index (χ3v) is 3.93. The molecule has 1 saturated heterocycles. The van der Waals surface area contributed by atoms with Crippen LogP contribution in [0.1, 0.15) is 22.5 Å². The fraction of sp³-hybridized carbons (Fsp3) is 0.375. The Bertz CT molecular complexity index is 721. The molecule has 23 heavy (non-hydrogen) atoms. The van der Waals surface area contributed by atoms with Crippen molar-refractivity contribution >= 4 is 5.91 Å². The highest BCUT2D eigenvalue weighted by Crippen LogP contribution is 2.22. The Morgan fingerprint density at radius 2 is 2.17 bits per heavy atom. The molecule has 3 rings (SSSR count). The lowest BCUT2D eigenvalue weighted by molar-refractivity contribution is 0.0757. The highest BCUT2D eigenvalue weighted by molar-refractivity contribution is 5.94. The van der Waals surface area contributed by atoms with E-state index in [9.17, 15) is 14.3 Å². The van der Waals surface area contributed by atoms with Crippen LogP contribution in [0.3, 0.4) is 0 Å². The smallest absolute Gasteiger partial charge is 0.278 e. The molecule has 1 aliphatic rings. The predicted octanol–water partition coefficient (Wildman–Crippen LogP) is 1.46. The third-order valence-electron chi connectivity index (χ3n) is 3.93. The van der Waals surface area contributed by atoms with Gasteiger partial charge in [0.1, 0.15) is 5.82 Å². The molecule has 1 aliphatic heterocycles. The van der Waals surface area contributed by atoms with E-state index in [1.807, 2.05) is 0 Å². The molecule has 0 aliphatic carbocycles. The van der Waals surface area contributed by atoms with Crippen LogP contribution in [0.4, 0.5) is 4.39 Å². The average molecular weight is 318 g/mol. The molecule has 1 aromatic heterocycles. The first kappa shape index (κ1) is 15.5. The molecule has 2 aromatic rings. The molecule has 1 amide bonds. The van der Waals surface area contributed by atoms with Crippen LogP contribution in [0.2, 0.25) is 0 Å². The van der Waals surface area contributed by atoms with Crippen molar-refractivity contribution in [2.45, 2.75) is 13.3 Å². The van der Waals surface area contributed by atoms with Crippen LogP contribution >= 0.6 is 0 Å². The van der Waals surface area contributed by atoms with Crippen molar-refractivity contribution in [3.63, 3.8) is 0 Å². The lowest BCUT2D eigenvalue weighted by atomic mass is 10.2. The fourth-order valence-corrected chi connectivity index (χ4v) is 2.72. The molecular formula is C16H19FN4O2. The number of nitrogens with zero attached hydrogens (tertiary/aromatic N) is 3. The molecule has 1 aromatic carbocycles. The number of halogens is 1. The van der Waals surface area contributed by atoms with Crippen LogP contribution in [0.25, 0.3) is 5.69 Å². The molecule has 0 radical (unpaired) electrons. The number of nitrogens with one attached hydrogen (secondary N) is 1. The lowest BCUT2D eigenvalue weighted by Gasteiger charge is -2.18. The second kappa shape index (κ2) is 6.37. The first-order chi connectivity index (χ1) is 11.1. The van der Waals surface area contributed by atoms with E-state index in [-0.39, 0.29) is 23.2 Å². The fourth-order valence-electron chi connectivity index (χ4n) is 2.72. The Kier molecular flexibility index (Phi) is 4.29. The largest absolute Gasteiger partial charge is 0.504 e. The minimum Gasteiger partial charge on any atom is -0.504 e. The number of aryl methyl sites for hydroxylation is 1. The third kappa shape index (κ3) is 3.19. The molecule has 6 nitrogen and oxygen atoms in total. The van der Waals surface area contributed by atoms with Crippen molar-refractivity contribution in [1.29, 1.82) is 0 Å². The van der Waals surface area contributed by atoms with Gasteiger partial charge in [-0.15, -0.1) is 0 Å². The van der Waals surface area contributed by atoms with Crippen molar-refractivity contribution in [3.8, 4) is 11.4 Å².